The number of hydrogen-bond acceptors (Lipinski definition) is 10. The molecular formula is C13H7N9S3. The predicted molar refractivity (Wildman–Crippen MR) is 94.2 cm³/mol. The molecule has 25 heavy (non-hydrogen) atoms. The molecule has 5 heterocycles. The van der Waals surface area contributed by atoms with Crippen molar-refractivity contribution in [3.63, 3.8) is 0 Å². The highest BCUT2D eigenvalue weighted by Gasteiger charge is 2.26. The third-order valence-corrected chi connectivity index (χ3v) is 5.45. The lowest BCUT2D eigenvalue weighted by Crippen LogP contribution is -2.12. The van der Waals surface area contributed by atoms with Gasteiger partial charge in [0.25, 0.3) is 0 Å². The maximum Gasteiger partial charge on any atom is 0.173 e. The maximum absolute atomic E-state index is 4.83. The highest BCUT2D eigenvalue weighted by molar-refractivity contribution is 7.13. The summed E-state index contributed by atoms with van der Waals surface area (Å²) < 4.78 is 10.2. The van der Waals surface area contributed by atoms with Crippen LogP contribution < -0.4 is 0 Å². The summed E-state index contributed by atoms with van der Waals surface area (Å²) in [5.74, 6) is 0.710. The first-order chi connectivity index (χ1) is 12.4. The van der Waals surface area contributed by atoms with Gasteiger partial charge in [-0.2, -0.15) is 14.3 Å². The summed E-state index contributed by atoms with van der Waals surface area (Å²) in [7, 11) is 0. The molecule has 0 bridgehead atoms. The van der Waals surface area contributed by atoms with E-state index in [1.54, 1.807) is 22.7 Å². The summed E-state index contributed by atoms with van der Waals surface area (Å²) in [5.41, 5.74) is 3.15. The Kier molecular flexibility index (Phi) is 3.43. The highest BCUT2D eigenvalue weighted by Crippen LogP contribution is 2.37. The molecule has 5 aromatic heterocycles. The van der Waals surface area contributed by atoms with Gasteiger partial charge in [-0.05, 0) is 35.2 Å². The van der Waals surface area contributed by atoms with Crippen molar-refractivity contribution in [2.24, 2.45) is 0 Å². The minimum Gasteiger partial charge on any atom is -0.222 e. The highest BCUT2D eigenvalue weighted by atomic mass is 32.1. The molecule has 0 N–H and O–H groups in total. The zero-order valence-corrected chi connectivity index (χ0v) is 14.7. The fourth-order valence-electron chi connectivity index (χ4n) is 2.38. The van der Waals surface area contributed by atoms with Crippen LogP contribution in [0.1, 0.15) is 0 Å². The average molecular weight is 385 g/mol. The Morgan fingerprint density at radius 3 is 2.72 bits per heavy atom. The van der Waals surface area contributed by atoms with E-state index >= 15 is 0 Å². The van der Waals surface area contributed by atoms with Crippen LogP contribution in [-0.2, 0) is 0 Å². The van der Waals surface area contributed by atoms with E-state index in [-0.39, 0.29) is 0 Å². The summed E-state index contributed by atoms with van der Waals surface area (Å²) in [6, 6.07) is 3.77. The van der Waals surface area contributed by atoms with Crippen LogP contribution in [0.25, 0.3) is 32.1 Å². The second-order valence-corrected chi connectivity index (χ2v) is 7.18. The number of aromatic nitrogens is 9. The monoisotopic (exact) mass is 385 g/mol. The van der Waals surface area contributed by atoms with E-state index in [9.17, 15) is 0 Å². The molecule has 0 spiro atoms. The Morgan fingerprint density at radius 1 is 1.04 bits per heavy atom. The van der Waals surface area contributed by atoms with E-state index in [0.29, 0.717) is 16.5 Å². The molecule has 0 fully saturated rings. The number of hydrogen-bond donors (Lipinski definition) is 0. The lowest BCUT2D eigenvalue weighted by molar-refractivity contribution is 0.586. The van der Waals surface area contributed by atoms with Crippen molar-refractivity contribution in [3.8, 4) is 32.1 Å². The molecule has 122 valence electrons. The van der Waals surface area contributed by atoms with Gasteiger partial charge >= 0.3 is 0 Å². The Balaban J connectivity index is 1.88. The molecule has 0 unspecified atom stereocenters. The van der Waals surface area contributed by atoms with E-state index in [0.717, 1.165) is 15.6 Å². The number of nitrogens with zero attached hydrogens (tertiary/aromatic N) is 9. The van der Waals surface area contributed by atoms with Crippen LogP contribution in [0.5, 0.6) is 0 Å². The predicted octanol–water partition coefficient (Wildman–Crippen LogP) is 2.55. The maximum atomic E-state index is 4.83. The molecule has 5 rings (SSSR count). The second kappa shape index (κ2) is 5.91. The van der Waals surface area contributed by atoms with Crippen LogP contribution in [0.15, 0.2) is 42.6 Å². The van der Waals surface area contributed by atoms with Gasteiger partial charge < -0.3 is 0 Å². The smallest absolute Gasteiger partial charge is 0.173 e. The quantitative estimate of drug-likeness (QED) is 0.469. The van der Waals surface area contributed by atoms with E-state index < -0.39 is 0 Å². The van der Waals surface area contributed by atoms with Crippen LogP contribution in [0.4, 0.5) is 0 Å². The Morgan fingerprint density at radius 2 is 2.04 bits per heavy atom. The minimum atomic E-state index is 0.693. The first kappa shape index (κ1) is 14.5. The minimum absolute atomic E-state index is 0.693. The normalized spacial score (nSPS) is 11.2. The molecule has 5 aromatic rings. The molecule has 0 saturated carbocycles. The molecule has 12 heteroatoms. The van der Waals surface area contributed by atoms with E-state index in [1.807, 2.05) is 23.0 Å². The summed E-state index contributed by atoms with van der Waals surface area (Å²) in [6.07, 6.45) is 6.83. The van der Waals surface area contributed by atoms with E-state index in [1.165, 1.54) is 40.7 Å². The van der Waals surface area contributed by atoms with Gasteiger partial charge in [0.1, 0.15) is 23.2 Å². The lowest BCUT2D eigenvalue weighted by atomic mass is 10.3. The molecule has 0 amide bonds. The SMILES string of the molecule is c1cnn(-n2c(-c3ccns3)nc(-c3ncns3)c2-c2nncs2)c1. The van der Waals surface area contributed by atoms with Crippen LogP contribution in [0.3, 0.4) is 0 Å². The lowest BCUT2D eigenvalue weighted by Gasteiger charge is -2.09. The summed E-state index contributed by atoms with van der Waals surface area (Å²) in [6.45, 7) is 0. The van der Waals surface area contributed by atoms with Gasteiger partial charge in [-0.15, -0.1) is 10.2 Å². The number of imidazole rings is 1. The largest absolute Gasteiger partial charge is 0.222 e. The zero-order valence-electron chi connectivity index (χ0n) is 12.3. The van der Waals surface area contributed by atoms with Crippen molar-refractivity contribution in [2.45, 2.75) is 0 Å². The van der Waals surface area contributed by atoms with Crippen molar-refractivity contribution < 1.29 is 0 Å². The fraction of sp³-hybridized carbons (Fsp3) is 0. The number of rotatable bonds is 4. The average Bonchev–Trinajstić information content (AvgIpc) is 3.48. The first-order valence-corrected chi connectivity index (χ1v) is 9.42. The van der Waals surface area contributed by atoms with Gasteiger partial charge in [-0.1, -0.05) is 11.3 Å². The van der Waals surface area contributed by atoms with Crippen molar-refractivity contribution in [3.05, 3.63) is 42.6 Å². The van der Waals surface area contributed by atoms with E-state index in [2.05, 4.69) is 29.0 Å². The molecule has 0 saturated heterocycles. The van der Waals surface area contributed by atoms with Gasteiger partial charge in [0, 0.05) is 12.4 Å². The van der Waals surface area contributed by atoms with E-state index in [4.69, 9.17) is 4.98 Å². The van der Waals surface area contributed by atoms with Crippen LogP contribution in [0.2, 0.25) is 0 Å². The van der Waals surface area contributed by atoms with Gasteiger partial charge in [0.2, 0.25) is 0 Å². The topological polar surface area (TPSA) is 100 Å². The molecular weight excluding hydrogens is 378 g/mol. The van der Waals surface area contributed by atoms with Crippen molar-refractivity contribution >= 4 is 34.4 Å². The van der Waals surface area contributed by atoms with Crippen molar-refractivity contribution in [2.75, 3.05) is 0 Å². The molecule has 0 aliphatic carbocycles. The van der Waals surface area contributed by atoms with Gasteiger partial charge in [-0.25, -0.2) is 19.0 Å². The Hall–Kier alpha value is -2.83. The second-order valence-electron chi connectivity index (χ2n) is 4.74. The molecule has 9 nitrogen and oxygen atoms in total. The van der Waals surface area contributed by atoms with Crippen molar-refractivity contribution in [1.29, 1.82) is 0 Å². The molecule has 0 aliphatic heterocycles. The Labute approximate surface area is 152 Å². The summed E-state index contributed by atoms with van der Waals surface area (Å²) in [5, 5.41) is 14.0. The van der Waals surface area contributed by atoms with Crippen LogP contribution >= 0.6 is 34.4 Å². The molecule has 0 atom stereocenters. The summed E-state index contributed by atoms with van der Waals surface area (Å²) >= 11 is 4.08. The van der Waals surface area contributed by atoms with Crippen molar-refractivity contribution in [1.82, 2.24) is 43.5 Å². The first-order valence-electron chi connectivity index (χ1n) is 6.99. The van der Waals surface area contributed by atoms with Crippen LogP contribution in [0, 0.1) is 0 Å². The zero-order chi connectivity index (χ0) is 16.6. The third kappa shape index (κ3) is 2.38. The molecule has 0 aromatic carbocycles. The fourth-order valence-corrected chi connectivity index (χ4v) is 4.05. The van der Waals surface area contributed by atoms with Gasteiger partial charge in [-0.3, -0.25) is 0 Å². The van der Waals surface area contributed by atoms with Crippen LogP contribution in [-0.4, -0.2) is 43.5 Å². The Bertz CT molecular complexity index is 990. The third-order valence-electron chi connectivity index (χ3n) is 3.33. The molecule has 0 radical (unpaired) electrons. The van der Waals surface area contributed by atoms with Gasteiger partial charge in [0.05, 0.1) is 11.1 Å². The van der Waals surface area contributed by atoms with Gasteiger partial charge in [0.15, 0.2) is 15.8 Å². The summed E-state index contributed by atoms with van der Waals surface area (Å²) in [4.78, 5) is 11.8. The molecule has 0 aliphatic rings. The standard InChI is InChI=1S/C13H7N9S3/c1-3-16-21(5-1)22-10(13-20-15-7-23-13)9(12-14-6-18-25-12)19-11(22)8-2-4-17-24-8/h1-7H.